The number of nitrogens with zero attached hydrogens (tertiary/aromatic N) is 2. The zero-order chi connectivity index (χ0) is 15.1. The second-order valence-corrected chi connectivity index (χ2v) is 5.16. The van der Waals surface area contributed by atoms with Crippen LogP contribution in [0.5, 0.6) is 0 Å². The van der Waals surface area contributed by atoms with Crippen LogP contribution < -0.4 is 22.4 Å². The second-order valence-electron chi connectivity index (χ2n) is 5.16. The Morgan fingerprint density at radius 3 is 2.41 bits per heavy atom. The molecule has 0 aliphatic heterocycles. The molecule has 1 N–H and O–H groups in total. The van der Waals surface area contributed by atoms with E-state index in [4.69, 9.17) is 0 Å². The lowest BCUT2D eigenvalue weighted by Crippen LogP contribution is -3.00. The lowest BCUT2D eigenvalue weighted by atomic mass is 10.0. The van der Waals surface area contributed by atoms with E-state index in [1.165, 1.54) is 5.56 Å². The summed E-state index contributed by atoms with van der Waals surface area (Å²) < 4.78 is 1.79. The van der Waals surface area contributed by atoms with Gasteiger partial charge in [-0.2, -0.15) is 9.67 Å². The summed E-state index contributed by atoms with van der Waals surface area (Å²) in [5.74, 6) is 0.361. The largest absolute Gasteiger partial charge is 1.00 e. The van der Waals surface area contributed by atoms with Gasteiger partial charge in [-0.1, -0.05) is 44.2 Å². The van der Waals surface area contributed by atoms with Gasteiger partial charge in [-0.3, -0.25) is 4.79 Å². The van der Waals surface area contributed by atoms with E-state index in [0.717, 1.165) is 5.56 Å². The van der Waals surface area contributed by atoms with Gasteiger partial charge in [-0.15, -0.1) is 0 Å². The second kappa shape index (κ2) is 8.95. The maximum atomic E-state index is 11.7. The van der Waals surface area contributed by atoms with E-state index < -0.39 is 0 Å². The van der Waals surface area contributed by atoms with Crippen molar-refractivity contribution in [2.45, 2.75) is 26.3 Å². The number of benzene rings is 1. The summed E-state index contributed by atoms with van der Waals surface area (Å²) in [5.41, 5.74) is 4.78. The van der Waals surface area contributed by atoms with Crippen LogP contribution in [0.1, 0.15) is 30.9 Å². The molecule has 0 fully saturated rings. The molecule has 0 aliphatic carbocycles. The highest BCUT2D eigenvalue weighted by Crippen LogP contribution is 2.13. The van der Waals surface area contributed by atoms with E-state index in [1.807, 2.05) is 42.7 Å². The van der Waals surface area contributed by atoms with Crippen LogP contribution >= 0.6 is 0 Å². The molecular weight excluding hydrogens is 298 g/mol. The SMILES string of the molecule is CC(C)c1ccc(C=NNC(=O)C[n+]2ccccc2)cc1.[Cl-]. The number of rotatable bonds is 5. The van der Waals surface area contributed by atoms with Crippen LogP contribution in [0.3, 0.4) is 0 Å². The molecule has 0 atom stereocenters. The highest BCUT2D eigenvalue weighted by molar-refractivity contribution is 5.82. The normalized spacial score (nSPS) is 10.5. The number of hydrogen-bond acceptors (Lipinski definition) is 2. The van der Waals surface area contributed by atoms with E-state index >= 15 is 0 Å². The summed E-state index contributed by atoms with van der Waals surface area (Å²) in [5, 5.41) is 3.97. The quantitative estimate of drug-likeness (QED) is 0.440. The van der Waals surface area contributed by atoms with Gasteiger partial charge < -0.3 is 12.4 Å². The Labute approximate surface area is 137 Å². The number of halogens is 1. The molecule has 0 radical (unpaired) electrons. The highest BCUT2D eigenvalue weighted by atomic mass is 35.5. The van der Waals surface area contributed by atoms with Crippen molar-refractivity contribution in [1.29, 1.82) is 0 Å². The maximum Gasteiger partial charge on any atom is 0.305 e. The van der Waals surface area contributed by atoms with Gasteiger partial charge in [-0.05, 0) is 17.0 Å². The van der Waals surface area contributed by atoms with Gasteiger partial charge in [0, 0.05) is 12.1 Å². The van der Waals surface area contributed by atoms with E-state index in [2.05, 4.69) is 36.5 Å². The van der Waals surface area contributed by atoms with E-state index in [1.54, 1.807) is 10.8 Å². The zero-order valence-electron chi connectivity index (χ0n) is 12.7. The minimum Gasteiger partial charge on any atom is -1.00 e. The van der Waals surface area contributed by atoms with Gasteiger partial charge in [0.05, 0.1) is 6.21 Å². The molecular formula is C17H20ClN3O. The molecule has 22 heavy (non-hydrogen) atoms. The van der Waals surface area contributed by atoms with Crippen LogP contribution in [0.4, 0.5) is 0 Å². The maximum absolute atomic E-state index is 11.7. The molecule has 1 amide bonds. The first-order valence-corrected chi connectivity index (χ1v) is 7.01. The van der Waals surface area contributed by atoms with Gasteiger partial charge in [0.15, 0.2) is 12.4 Å². The summed E-state index contributed by atoms with van der Waals surface area (Å²) in [4.78, 5) is 11.7. The zero-order valence-corrected chi connectivity index (χ0v) is 13.5. The Kier molecular flexibility index (Phi) is 7.26. The third-order valence-electron chi connectivity index (χ3n) is 3.11. The molecule has 0 aliphatic rings. The molecule has 1 heterocycles. The Morgan fingerprint density at radius 1 is 1.18 bits per heavy atom. The number of aromatic nitrogens is 1. The lowest BCUT2D eigenvalue weighted by Gasteiger charge is -2.04. The van der Waals surface area contributed by atoms with Crippen LogP contribution in [0.25, 0.3) is 0 Å². The smallest absolute Gasteiger partial charge is 0.305 e. The Morgan fingerprint density at radius 2 is 1.82 bits per heavy atom. The molecule has 0 unspecified atom stereocenters. The van der Waals surface area contributed by atoms with Crippen molar-refractivity contribution in [2.24, 2.45) is 5.10 Å². The fourth-order valence-corrected chi connectivity index (χ4v) is 1.89. The number of pyridine rings is 1. The van der Waals surface area contributed by atoms with Crippen molar-refractivity contribution in [3.63, 3.8) is 0 Å². The number of amides is 1. The predicted octanol–water partition coefficient (Wildman–Crippen LogP) is -0.748. The minimum atomic E-state index is -0.152. The Balaban J connectivity index is 0.00000242. The van der Waals surface area contributed by atoms with E-state index in [-0.39, 0.29) is 24.9 Å². The molecule has 0 saturated carbocycles. The monoisotopic (exact) mass is 317 g/mol. The molecule has 2 aromatic rings. The fourth-order valence-electron chi connectivity index (χ4n) is 1.89. The standard InChI is InChI=1S/C17H19N3O.ClH/c1-14(2)16-8-6-15(7-9-16)12-18-19-17(21)13-20-10-4-3-5-11-20;/h3-12,14H,13H2,1-2H3;1H. The predicted molar refractivity (Wildman–Crippen MR) is 82.9 cm³/mol. The molecule has 0 saturated heterocycles. The topological polar surface area (TPSA) is 45.3 Å². The summed E-state index contributed by atoms with van der Waals surface area (Å²) >= 11 is 0. The molecule has 1 aromatic heterocycles. The van der Waals surface area contributed by atoms with Crippen molar-refractivity contribution in [2.75, 3.05) is 0 Å². The van der Waals surface area contributed by atoms with Gasteiger partial charge in [-0.25, -0.2) is 5.43 Å². The van der Waals surface area contributed by atoms with Crippen molar-refractivity contribution in [3.05, 3.63) is 66.0 Å². The van der Waals surface area contributed by atoms with E-state index in [9.17, 15) is 4.79 Å². The molecule has 4 nitrogen and oxygen atoms in total. The Bertz CT molecular complexity index is 610. The van der Waals surface area contributed by atoms with Crippen molar-refractivity contribution >= 4 is 12.1 Å². The van der Waals surface area contributed by atoms with Crippen LogP contribution in [-0.4, -0.2) is 12.1 Å². The fraction of sp³-hybridized carbons (Fsp3) is 0.235. The number of hydrogen-bond donors (Lipinski definition) is 1. The number of hydrazone groups is 1. The molecule has 116 valence electrons. The van der Waals surface area contributed by atoms with Gasteiger partial charge in [0.1, 0.15) is 0 Å². The molecule has 5 heteroatoms. The number of carbonyl (C=O) groups excluding carboxylic acids is 1. The summed E-state index contributed by atoms with van der Waals surface area (Å²) in [7, 11) is 0. The first-order chi connectivity index (χ1) is 10.1. The van der Waals surface area contributed by atoms with Gasteiger partial charge in [0.2, 0.25) is 6.54 Å². The number of nitrogens with one attached hydrogen (secondary N) is 1. The van der Waals surface area contributed by atoms with E-state index in [0.29, 0.717) is 5.92 Å². The average molecular weight is 318 g/mol. The van der Waals surface area contributed by atoms with Crippen molar-refractivity contribution < 1.29 is 21.8 Å². The molecule has 0 spiro atoms. The Hall–Kier alpha value is -2.20. The van der Waals surface area contributed by atoms with Gasteiger partial charge in [0.25, 0.3) is 0 Å². The highest BCUT2D eigenvalue weighted by Gasteiger charge is 2.06. The van der Waals surface area contributed by atoms with Crippen LogP contribution in [0, 0.1) is 0 Å². The first-order valence-electron chi connectivity index (χ1n) is 7.01. The molecule has 2 rings (SSSR count). The lowest BCUT2D eigenvalue weighted by molar-refractivity contribution is -0.684. The third kappa shape index (κ3) is 5.66. The average Bonchev–Trinajstić information content (AvgIpc) is 2.49. The van der Waals surface area contributed by atoms with Crippen LogP contribution in [0.15, 0.2) is 60.0 Å². The summed E-state index contributed by atoms with van der Waals surface area (Å²) in [6.07, 6.45) is 5.33. The minimum absolute atomic E-state index is 0. The summed E-state index contributed by atoms with van der Waals surface area (Å²) in [6.45, 7) is 4.57. The third-order valence-corrected chi connectivity index (χ3v) is 3.11. The summed E-state index contributed by atoms with van der Waals surface area (Å²) in [6, 6.07) is 13.8. The van der Waals surface area contributed by atoms with Crippen molar-refractivity contribution in [3.8, 4) is 0 Å². The van der Waals surface area contributed by atoms with Crippen LogP contribution in [0.2, 0.25) is 0 Å². The van der Waals surface area contributed by atoms with Crippen LogP contribution in [-0.2, 0) is 11.3 Å². The molecule has 0 bridgehead atoms. The number of carbonyl (C=O) groups is 1. The van der Waals surface area contributed by atoms with Crippen molar-refractivity contribution in [1.82, 2.24) is 5.43 Å². The molecule has 1 aromatic carbocycles. The van der Waals surface area contributed by atoms with Gasteiger partial charge >= 0.3 is 5.91 Å². The first kappa shape index (κ1) is 17.9.